The van der Waals surface area contributed by atoms with Crippen molar-refractivity contribution in [2.75, 3.05) is 20.1 Å². The third-order valence-corrected chi connectivity index (χ3v) is 3.82. The van der Waals surface area contributed by atoms with Gasteiger partial charge in [-0.05, 0) is 46.8 Å². The van der Waals surface area contributed by atoms with Crippen molar-refractivity contribution in [2.45, 2.75) is 46.2 Å². The van der Waals surface area contributed by atoms with Gasteiger partial charge in [0, 0.05) is 18.0 Å². The molecule has 0 aliphatic rings. The molecule has 0 radical (unpaired) electrons. The van der Waals surface area contributed by atoms with Crippen molar-refractivity contribution in [3.05, 3.63) is 16.1 Å². The Labute approximate surface area is 109 Å². The topological polar surface area (TPSA) is 28.2 Å². The van der Waals surface area contributed by atoms with Crippen molar-refractivity contribution in [1.82, 2.24) is 15.2 Å². The van der Waals surface area contributed by atoms with Crippen LogP contribution in [0.2, 0.25) is 0 Å². The van der Waals surface area contributed by atoms with Crippen molar-refractivity contribution in [2.24, 2.45) is 0 Å². The number of aromatic nitrogens is 1. The first-order valence-corrected chi connectivity index (χ1v) is 7.33. The van der Waals surface area contributed by atoms with E-state index in [0.29, 0.717) is 6.04 Å². The van der Waals surface area contributed by atoms with E-state index in [-0.39, 0.29) is 0 Å². The van der Waals surface area contributed by atoms with Crippen LogP contribution in [0.1, 0.15) is 37.4 Å². The number of nitrogens with zero attached hydrogens (tertiary/aromatic N) is 2. The van der Waals surface area contributed by atoms with Crippen LogP contribution >= 0.6 is 11.3 Å². The molecule has 1 atom stereocenters. The van der Waals surface area contributed by atoms with Crippen molar-refractivity contribution in [1.29, 1.82) is 0 Å². The van der Waals surface area contributed by atoms with Crippen LogP contribution in [-0.2, 0) is 6.54 Å². The zero-order chi connectivity index (χ0) is 12.7. The minimum Gasteiger partial charge on any atom is -0.317 e. The largest absolute Gasteiger partial charge is 0.317 e. The lowest BCUT2D eigenvalue weighted by Gasteiger charge is -2.24. The number of thiazole rings is 1. The van der Waals surface area contributed by atoms with E-state index in [1.165, 1.54) is 18.5 Å². The molecule has 0 aliphatic heterocycles. The van der Waals surface area contributed by atoms with Gasteiger partial charge in [-0.15, -0.1) is 11.3 Å². The molecule has 1 aromatic heterocycles. The lowest BCUT2D eigenvalue weighted by atomic mass is 10.2. The van der Waals surface area contributed by atoms with E-state index in [4.69, 9.17) is 0 Å². The van der Waals surface area contributed by atoms with Gasteiger partial charge in [-0.25, -0.2) is 4.98 Å². The second-order valence-corrected chi connectivity index (χ2v) is 5.72. The lowest BCUT2D eigenvalue weighted by molar-refractivity contribution is 0.234. The molecule has 0 saturated heterocycles. The van der Waals surface area contributed by atoms with E-state index in [2.05, 4.69) is 48.4 Å². The molecule has 98 valence electrons. The average Bonchev–Trinajstić information content (AvgIpc) is 2.70. The minimum atomic E-state index is 0.598. The first kappa shape index (κ1) is 14.6. The van der Waals surface area contributed by atoms with E-state index in [1.807, 2.05) is 0 Å². The summed E-state index contributed by atoms with van der Waals surface area (Å²) in [5.41, 5.74) is 1.20. The molecule has 0 saturated carbocycles. The molecule has 1 N–H and O–H groups in total. The van der Waals surface area contributed by atoms with Crippen molar-refractivity contribution in [3.63, 3.8) is 0 Å². The van der Waals surface area contributed by atoms with Gasteiger partial charge in [0.15, 0.2) is 0 Å². The summed E-state index contributed by atoms with van der Waals surface area (Å²) in [4.78, 5) is 6.88. The van der Waals surface area contributed by atoms with E-state index in [1.54, 1.807) is 11.3 Å². The molecule has 17 heavy (non-hydrogen) atoms. The molecule has 0 bridgehead atoms. The lowest BCUT2D eigenvalue weighted by Crippen LogP contribution is -2.32. The normalized spacial score (nSPS) is 13.2. The first-order chi connectivity index (χ1) is 8.13. The van der Waals surface area contributed by atoms with Gasteiger partial charge in [-0.2, -0.15) is 0 Å². The highest BCUT2D eigenvalue weighted by atomic mass is 32.1. The molecule has 0 fully saturated rings. The molecule has 1 aromatic rings. The van der Waals surface area contributed by atoms with Crippen molar-refractivity contribution in [3.8, 4) is 0 Å². The summed E-state index contributed by atoms with van der Waals surface area (Å²) in [6.45, 7) is 9.74. The number of nitrogens with one attached hydrogen (secondary N) is 1. The fourth-order valence-electron chi connectivity index (χ4n) is 1.73. The molecule has 4 heteroatoms. The summed E-state index contributed by atoms with van der Waals surface area (Å²) in [6.07, 6.45) is 2.40. The summed E-state index contributed by atoms with van der Waals surface area (Å²) < 4.78 is 0. The Balaban J connectivity index is 2.24. The van der Waals surface area contributed by atoms with E-state index >= 15 is 0 Å². The Morgan fingerprint density at radius 1 is 1.47 bits per heavy atom. The maximum Gasteiger partial charge on any atom is 0.0897 e. The van der Waals surface area contributed by atoms with Crippen LogP contribution in [0, 0.1) is 6.92 Å². The second-order valence-electron chi connectivity index (χ2n) is 4.66. The SMILES string of the molecule is CCCNCCC(C)N(C)Cc1csc(C)n1. The van der Waals surface area contributed by atoms with Crippen LogP contribution in [0.4, 0.5) is 0 Å². The zero-order valence-corrected chi connectivity index (χ0v) is 12.3. The van der Waals surface area contributed by atoms with E-state index in [9.17, 15) is 0 Å². The average molecular weight is 255 g/mol. The highest BCUT2D eigenvalue weighted by Crippen LogP contribution is 2.11. The molecule has 1 heterocycles. The molecule has 1 rings (SSSR count). The van der Waals surface area contributed by atoms with Crippen LogP contribution in [0.25, 0.3) is 0 Å². The summed E-state index contributed by atoms with van der Waals surface area (Å²) in [6, 6.07) is 0.598. The van der Waals surface area contributed by atoms with Crippen LogP contribution in [0.3, 0.4) is 0 Å². The van der Waals surface area contributed by atoms with Gasteiger partial charge in [0.1, 0.15) is 0 Å². The van der Waals surface area contributed by atoms with Gasteiger partial charge in [-0.1, -0.05) is 6.92 Å². The second kappa shape index (κ2) is 7.80. The van der Waals surface area contributed by atoms with Crippen molar-refractivity contribution < 1.29 is 0 Å². The predicted octanol–water partition coefficient (Wildman–Crippen LogP) is 2.66. The van der Waals surface area contributed by atoms with Gasteiger partial charge < -0.3 is 5.32 Å². The predicted molar refractivity (Wildman–Crippen MR) is 75.6 cm³/mol. The number of rotatable bonds is 8. The summed E-state index contributed by atoms with van der Waals surface area (Å²) in [7, 11) is 2.18. The summed E-state index contributed by atoms with van der Waals surface area (Å²) in [5.74, 6) is 0. The quantitative estimate of drug-likeness (QED) is 0.724. The Morgan fingerprint density at radius 3 is 2.82 bits per heavy atom. The Bertz CT molecular complexity index is 311. The monoisotopic (exact) mass is 255 g/mol. The van der Waals surface area contributed by atoms with Gasteiger partial charge in [-0.3, -0.25) is 4.90 Å². The van der Waals surface area contributed by atoms with E-state index < -0.39 is 0 Å². The van der Waals surface area contributed by atoms with Gasteiger partial charge in [0.2, 0.25) is 0 Å². The Hall–Kier alpha value is -0.450. The minimum absolute atomic E-state index is 0.598. The third kappa shape index (κ3) is 5.61. The molecular weight excluding hydrogens is 230 g/mol. The number of hydrogen-bond acceptors (Lipinski definition) is 4. The molecular formula is C13H25N3S. The number of hydrogen-bond donors (Lipinski definition) is 1. The fourth-order valence-corrected chi connectivity index (χ4v) is 2.33. The maximum atomic E-state index is 4.50. The van der Waals surface area contributed by atoms with Gasteiger partial charge in [0.25, 0.3) is 0 Å². The zero-order valence-electron chi connectivity index (χ0n) is 11.5. The smallest absolute Gasteiger partial charge is 0.0897 e. The Morgan fingerprint density at radius 2 is 2.24 bits per heavy atom. The van der Waals surface area contributed by atoms with Crippen LogP contribution in [0.5, 0.6) is 0 Å². The molecule has 3 nitrogen and oxygen atoms in total. The summed E-state index contributed by atoms with van der Waals surface area (Å²) >= 11 is 1.73. The van der Waals surface area contributed by atoms with Gasteiger partial charge in [0.05, 0.1) is 10.7 Å². The maximum absolute atomic E-state index is 4.50. The molecule has 0 amide bonds. The van der Waals surface area contributed by atoms with Crippen LogP contribution in [0.15, 0.2) is 5.38 Å². The molecule has 0 spiro atoms. The standard InChI is InChI=1S/C13H25N3S/c1-5-7-14-8-6-11(2)16(4)9-13-10-17-12(3)15-13/h10-11,14H,5-9H2,1-4H3. The highest BCUT2D eigenvalue weighted by molar-refractivity contribution is 7.09. The van der Waals surface area contributed by atoms with Gasteiger partial charge >= 0.3 is 0 Å². The highest BCUT2D eigenvalue weighted by Gasteiger charge is 2.10. The van der Waals surface area contributed by atoms with Crippen molar-refractivity contribution >= 4 is 11.3 Å². The van der Waals surface area contributed by atoms with Crippen LogP contribution in [-0.4, -0.2) is 36.1 Å². The Kier molecular flexibility index (Phi) is 6.70. The van der Waals surface area contributed by atoms with Crippen LogP contribution < -0.4 is 5.32 Å². The fraction of sp³-hybridized carbons (Fsp3) is 0.769. The van der Waals surface area contributed by atoms with E-state index in [0.717, 1.165) is 24.6 Å². The molecule has 0 aliphatic carbocycles. The molecule has 1 unspecified atom stereocenters. The first-order valence-electron chi connectivity index (χ1n) is 6.45. The number of aryl methyl sites for hydroxylation is 1. The third-order valence-electron chi connectivity index (χ3n) is 3.00. The molecule has 0 aromatic carbocycles. The summed E-state index contributed by atoms with van der Waals surface area (Å²) in [5, 5.41) is 6.77.